The lowest BCUT2D eigenvalue weighted by Gasteiger charge is -2.10. The molecule has 0 saturated carbocycles. The van der Waals surface area contributed by atoms with E-state index in [2.05, 4.69) is 20.6 Å². The Morgan fingerprint density at radius 1 is 1.35 bits per heavy atom. The van der Waals surface area contributed by atoms with Gasteiger partial charge >= 0.3 is 0 Å². The van der Waals surface area contributed by atoms with Crippen LogP contribution in [-0.2, 0) is 4.79 Å². The molecule has 2 N–H and O–H groups in total. The van der Waals surface area contributed by atoms with Gasteiger partial charge in [-0.15, -0.1) is 0 Å². The molecule has 1 atom stereocenters. The number of nitrogens with one attached hydrogen (secondary N) is 2. The van der Waals surface area contributed by atoms with E-state index in [1.165, 1.54) is 0 Å². The predicted molar refractivity (Wildman–Crippen MR) is 64.6 cm³/mol. The number of benzene rings is 1. The smallest absolute Gasteiger partial charge is 0.223 e. The number of nitrogens with zero attached hydrogens (tertiary/aromatic N) is 2. The standard InChI is InChI=1S/C12H12N4O/c17-11-5-9(7-13-11)15-12-14-6-8-3-1-2-4-10(8)16-12/h1-4,6,9H,5,7H2,(H,13,17)(H,14,15,16). The molecule has 3 rings (SSSR count). The van der Waals surface area contributed by atoms with Crippen molar-refractivity contribution < 1.29 is 4.79 Å². The summed E-state index contributed by atoms with van der Waals surface area (Å²) in [7, 11) is 0. The summed E-state index contributed by atoms with van der Waals surface area (Å²) in [6.07, 6.45) is 2.27. The Morgan fingerprint density at radius 3 is 3.06 bits per heavy atom. The lowest BCUT2D eigenvalue weighted by molar-refractivity contribution is -0.119. The Balaban J connectivity index is 1.83. The van der Waals surface area contributed by atoms with E-state index in [1.54, 1.807) is 6.20 Å². The highest BCUT2D eigenvalue weighted by Crippen LogP contribution is 2.13. The molecule has 1 unspecified atom stereocenters. The molecule has 2 aromatic rings. The van der Waals surface area contributed by atoms with Crippen LogP contribution in [0, 0.1) is 0 Å². The maximum absolute atomic E-state index is 11.1. The fourth-order valence-electron chi connectivity index (χ4n) is 1.93. The van der Waals surface area contributed by atoms with Crippen molar-refractivity contribution in [3.05, 3.63) is 30.5 Å². The van der Waals surface area contributed by atoms with Crippen LogP contribution in [-0.4, -0.2) is 28.5 Å². The van der Waals surface area contributed by atoms with Gasteiger partial charge < -0.3 is 10.6 Å². The van der Waals surface area contributed by atoms with Gasteiger partial charge in [0.25, 0.3) is 0 Å². The largest absolute Gasteiger partial charge is 0.354 e. The van der Waals surface area contributed by atoms with Crippen molar-refractivity contribution >= 4 is 22.8 Å². The van der Waals surface area contributed by atoms with Crippen LogP contribution >= 0.6 is 0 Å². The molecule has 2 heterocycles. The molecule has 0 spiro atoms. The zero-order valence-corrected chi connectivity index (χ0v) is 9.18. The van der Waals surface area contributed by atoms with Crippen molar-refractivity contribution in [3.8, 4) is 0 Å². The van der Waals surface area contributed by atoms with Gasteiger partial charge in [-0.05, 0) is 6.07 Å². The van der Waals surface area contributed by atoms with E-state index in [1.807, 2.05) is 24.3 Å². The SMILES string of the molecule is O=C1CC(Nc2ncc3ccccc3n2)CN1. The fraction of sp³-hybridized carbons (Fsp3) is 0.250. The highest BCUT2D eigenvalue weighted by atomic mass is 16.1. The van der Waals surface area contributed by atoms with Crippen LogP contribution in [0.15, 0.2) is 30.5 Å². The van der Waals surface area contributed by atoms with Gasteiger partial charge in [0.1, 0.15) is 0 Å². The summed E-state index contributed by atoms with van der Waals surface area (Å²) in [5.74, 6) is 0.647. The summed E-state index contributed by atoms with van der Waals surface area (Å²) in [6, 6.07) is 7.90. The molecule has 1 aromatic carbocycles. The fourth-order valence-corrected chi connectivity index (χ4v) is 1.93. The number of aromatic nitrogens is 2. The van der Waals surface area contributed by atoms with Gasteiger partial charge in [0, 0.05) is 24.5 Å². The Hall–Kier alpha value is -2.17. The van der Waals surface area contributed by atoms with Crippen molar-refractivity contribution in [2.75, 3.05) is 11.9 Å². The van der Waals surface area contributed by atoms with Crippen LogP contribution in [0.4, 0.5) is 5.95 Å². The Bertz CT molecular complexity index is 569. The number of carbonyl (C=O) groups excluding carboxylic acids is 1. The van der Waals surface area contributed by atoms with Crippen LogP contribution in [0.5, 0.6) is 0 Å². The van der Waals surface area contributed by atoms with Gasteiger partial charge in [-0.25, -0.2) is 9.97 Å². The minimum Gasteiger partial charge on any atom is -0.354 e. The van der Waals surface area contributed by atoms with Crippen LogP contribution in [0.2, 0.25) is 0 Å². The minimum absolute atomic E-state index is 0.0725. The van der Waals surface area contributed by atoms with Crippen molar-refractivity contribution in [1.29, 1.82) is 0 Å². The van der Waals surface area contributed by atoms with E-state index in [-0.39, 0.29) is 11.9 Å². The minimum atomic E-state index is 0.0725. The third-order valence-corrected chi connectivity index (χ3v) is 2.80. The highest BCUT2D eigenvalue weighted by Gasteiger charge is 2.21. The second-order valence-corrected chi connectivity index (χ2v) is 4.10. The summed E-state index contributed by atoms with van der Waals surface area (Å²) < 4.78 is 0. The molecule has 1 amide bonds. The number of amides is 1. The summed E-state index contributed by atoms with van der Waals surface area (Å²) >= 11 is 0. The molecule has 0 radical (unpaired) electrons. The Morgan fingerprint density at radius 2 is 2.24 bits per heavy atom. The van der Waals surface area contributed by atoms with Crippen molar-refractivity contribution in [2.45, 2.75) is 12.5 Å². The van der Waals surface area contributed by atoms with Gasteiger partial charge in [-0.1, -0.05) is 18.2 Å². The monoisotopic (exact) mass is 228 g/mol. The third kappa shape index (κ3) is 2.04. The topological polar surface area (TPSA) is 66.9 Å². The quantitative estimate of drug-likeness (QED) is 0.802. The highest BCUT2D eigenvalue weighted by molar-refractivity contribution is 5.80. The summed E-state index contributed by atoms with van der Waals surface area (Å²) in [6.45, 7) is 0.634. The van der Waals surface area contributed by atoms with E-state index < -0.39 is 0 Å². The van der Waals surface area contributed by atoms with E-state index in [0.717, 1.165) is 10.9 Å². The number of hydrogen-bond donors (Lipinski definition) is 2. The van der Waals surface area contributed by atoms with Crippen LogP contribution in [0.25, 0.3) is 10.9 Å². The van der Waals surface area contributed by atoms with Crippen LogP contribution in [0.3, 0.4) is 0 Å². The number of anilines is 1. The molecule has 0 bridgehead atoms. The molecule has 1 aliphatic heterocycles. The molecule has 1 aliphatic rings. The first-order chi connectivity index (χ1) is 8.31. The van der Waals surface area contributed by atoms with Gasteiger partial charge in [-0.2, -0.15) is 0 Å². The van der Waals surface area contributed by atoms with Crippen LogP contribution in [0.1, 0.15) is 6.42 Å². The molecule has 1 aromatic heterocycles. The molecule has 86 valence electrons. The average molecular weight is 228 g/mol. The number of rotatable bonds is 2. The first-order valence-electron chi connectivity index (χ1n) is 5.56. The van der Waals surface area contributed by atoms with Gasteiger partial charge in [0.2, 0.25) is 11.9 Å². The summed E-state index contributed by atoms with van der Waals surface area (Å²) in [5, 5.41) is 6.94. The second-order valence-electron chi connectivity index (χ2n) is 4.10. The second kappa shape index (κ2) is 4.01. The van der Waals surface area contributed by atoms with E-state index >= 15 is 0 Å². The number of fused-ring (bicyclic) bond motifs is 1. The number of carbonyl (C=O) groups is 1. The maximum Gasteiger partial charge on any atom is 0.223 e. The van der Waals surface area contributed by atoms with Gasteiger partial charge in [-0.3, -0.25) is 4.79 Å². The van der Waals surface area contributed by atoms with E-state index in [9.17, 15) is 4.79 Å². The summed E-state index contributed by atoms with van der Waals surface area (Å²) in [4.78, 5) is 19.7. The molecular weight excluding hydrogens is 216 g/mol. The molecule has 0 aliphatic carbocycles. The maximum atomic E-state index is 11.1. The third-order valence-electron chi connectivity index (χ3n) is 2.80. The van der Waals surface area contributed by atoms with Crippen molar-refractivity contribution in [1.82, 2.24) is 15.3 Å². The van der Waals surface area contributed by atoms with E-state index in [0.29, 0.717) is 18.9 Å². The van der Waals surface area contributed by atoms with Crippen molar-refractivity contribution in [2.24, 2.45) is 0 Å². The number of para-hydroxylation sites is 1. The molecule has 1 saturated heterocycles. The lowest BCUT2D eigenvalue weighted by Crippen LogP contribution is -2.23. The first-order valence-corrected chi connectivity index (χ1v) is 5.56. The lowest BCUT2D eigenvalue weighted by atomic mass is 10.2. The Labute approximate surface area is 98.3 Å². The molecule has 17 heavy (non-hydrogen) atoms. The molecule has 1 fully saturated rings. The van der Waals surface area contributed by atoms with E-state index in [4.69, 9.17) is 0 Å². The van der Waals surface area contributed by atoms with Crippen molar-refractivity contribution in [3.63, 3.8) is 0 Å². The molecular formula is C12H12N4O. The summed E-state index contributed by atoms with van der Waals surface area (Å²) in [5.41, 5.74) is 0.905. The number of hydrogen-bond acceptors (Lipinski definition) is 4. The van der Waals surface area contributed by atoms with Crippen LogP contribution < -0.4 is 10.6 Å². The average Bonchev–Trinajstić information content (AvgIpc) is 2.75. The zero-order chi connectivity index (χ0) is 11.7. The predicted octanol–water partition coefficient (Wildman–Crippen LogP) is 0.930. The van der Waals surface area contributed by atoms with Gasteiger partial charge in [0.15, 0.2) is 0 Å². The van der Waals surface area contributed by atoms with Gasteiger partial charge in [0.05, 0.1) is 11.6 Å². The zero-order valence-electron chi connectivity index (χ0n) is 9.18. The molecule has 5 nitrogen and oxygen atoms in total. The molecule has 5 heteroatoms. The first kappa shape index (κ1) is 10.0. The normalized spacial score (nSPS) is 19.3. The Kier molecular flexibility index (Phi) is 2.36.